The van der Waals surface area contributed by atoms with Gasteiger partial charge in [-0.1, -0.05) is 0 Å². The van der Waals surface area contributed by atoms with E-state index in [1.54, 1.807) is 7.05 Å². The quantitative estimate of drug-likeness (QED) is 0.577. The third-order valence-electron chi connectivity index (χ3n) is 2.96. The molecular weight excluding hydrogens is 273 g/mol. The molecule has 1 atom stereocenters. The first-order valence-electron chi connectivity index (χ1n) is 5.61. The van der Waals surface area contributed by atoms with Gasteiger partial charge in [-0.25, -0.2) is 5.43 Å². The van der Waals surface area contributed by atoms with Crippen LogP contribution in [0.4, 0.5) is 19.0 Å². The van der Waals surface area contributed by atoms with Crippen LogP contribution in [0.3, 0.4) is 0 Å². The lowest BCUT2D eigenvalue weighted by Crippen LogP contribution is -2.31. The summed E-state index contributed by atoms with van der Waals surface area (Å²) in [4.78, 5) is 3.73. The van der Waals surface area contributed by atoms with E-state index in [0.717, 1.165) is 18.5 Å². The van der Waals surface area contributed by atoms with Crippen molar-refractivity contribution in [2.24, 2.45) is 12.9 Å². The lowest BCUT2D eigenvalue weighted by molar-refractivity contribution is -0.138. The number of rotatable bonds is 3. The van der Waals surface area contributed by atoms with Gasteiger partial charge in [-0.3, -0.25) is 15.5 Å². The topological polar surface area (TPSA) is 94.8 Å². The third-order valence-corrected chi connectivity index (χ3v) is 2.96. The molecule has 0 fully saturated rings. The minimum Gasteiger partial charge on any atom is -0.384 e. The lowest BCUT2D eigenvalue weighted by Gasteiger charge is -2.20. The number of anilines is 1. The van der Waals surface area contributed by atoms with Gasteiger partial charge in [-0.15, -0.1) is 0 Å². The van der Waals surface area contributed by atoms with E-state index in [9.17, 15) is 13.2 Å². The average Bonchev–Trinajstić information content (AvgIpc) is 2.72. The van der Waals surface area contributed by atoms with Gasteiger partial charge in [0.1, 0.15) is 5.82 Å². The van der Waals surface area contributed by atoms with Gasteiger partial charge in [0.25, 0.3) is 0 Å². The van der Waals surface area contributed by atoms with Crippen LogP contribution in [0.5, 0.6) is 0 Å². The van der Waals surface area contributed by atoms with Gasteiger partial charge in [0.05, 0.1) is 17.8 Å². The smallest absolute Gasteiger partial charge is 0.384 e. The monoisotopic (exact) mass is 286 g/mol. The maximum atomic E-state index is 13.0. The van der Waals surface area contributed by atoms with Crippen LogP contribution in [0.15, 0.2) is 24.7 Å². The van der Waals surface area contributed by atoms with Crippen molar-refractivity contribution in [1.29, 1.82) is 0 Å². The summed E-state index contributed by atoms with van der Waals surface area (Å²) in [5.41, 5.74) is 7.53. The molecular formula is C11H13F3N6. The Morgan fingerprint density at radius 1 is 1.30 bits per heavy atom. The zero-order valence-corrected chi connectivity index (χ0v) is 10.5. The fourth-order valence-electron chi connectivity index (χ4n) is 1.93. The van der Waals surface area contributed by atoms with E-state index in [-0.39, 0.29) is 11.4 Å². The molecule has 0 amide bonds. The van der Waals surface area contributed by atoms with Crippen LogP contribution < -0.4 is 17.0 Å². The second-order valence-corrected chi connectivity index (χ2v) is 4.17. The van der Waals surface area contributed by atoms with E-state index in [0.29, 0.717) is 5.56 Å². The number of aryl methyl sites for hydroxylation is 1. The number of hydrazine groups is 1. The molecule has 0 aliphatic rings. The maximum Gasteiger partial charge on any atom is 0.416 e. The molecule has 2 aromatic heterocycles. The summed E-state index contributed by atoms with van der Waals surface area (Å²) in [6, 6.07) is -0.0549. The van der Waals surface area contributed by atoms with Crippen LogP contribution in [-0.4, -0.2) is 14.8 Å². The van der Waals surface area contributed by atoms with Gasteiger partial charge < -0.3 is 5.73 Å². The Labute approximate surface area is 112 Å². The summed E-state index contributed by atoms with van der Waals surface area (Å²) >= 11 is 0. The molecule has 6 nitrogen and oxygen atoms in total. The molecule has 2 aromatic rings. The minimum atomic E-state index is -4.51. The van der Waals surface area contributed by atoms with Gasteiger partial charge in [0, 0.05) is 30.6 Å². The number of alkyl halides is 3. The molecule has 2 heterocycles. The van der Waals surface area contributed by atoms with Gasteiger partial charge in [0.2, 0.25) is 0 Å². The zero-order valence-electron chi connectivity index (χ0n) is 10.5. The van der Waals surface area contributed by atoms with Crippen LogP contribution in [-0.2, 0) is 13.2 Å². The average molecular weight is 286 g/mol. The second-order valence-electron chi connectivity index (χ2n) is 4.17. The summed E-state index contributed by atoms with van der Waals surface area (Å²) in [5, 5.41) is 3.90. The number of nitrogens with zero attached hydrogens (tertiary/aromatic N) is 3. The van der Waals surface area contributed by atoms with Gasteiger partial charge in [-0.05, 0) is 6.07 Å². The normalized spacial score (nSPS) is 13.4. The summed E-state index contributed by atoms with van der Waals surface area (Å²) in [7, 11) is 1.58. The molecule has 0 saturated carbocycles. The second kappa shape index (κ2) is 5.10. The molecule has 0 aliphatic heterocycles. The number of pyridine rings is 1. The Bertz CT molecular complexity index is 606. The highest BCUT2D eigenvalue weighted by molar-refractivity contribution is 5.47. The highest BCUT2D eigenvalue weighted by Gasteiger charge is 2.36. The van der Waals surface area contributed by atoms with E-state index in [1.165, 1.54) is 10.9 Å². The van der Waals surface area contributed by atoms with E-state index >= 15 is 0 Å². The molecule has 108 valence electrons. The molecule has 1 unspecified atom stereocenters. The molecule has 0 aliphatic carbocycles. The first-order valence-corrected chi connectivity index (χ1v) is 5.61. The SMILES string of the molecule is Cn1ncc(C(NN)c2cnccc2C(F)(F)F)c1N. The molecule has 0 spiro atoms. The minimum absolute atomic E-state index is 0.109. The van der Waals surface area contributed by atoms with Crippen LogP contribution in [0, 0.1) is 0 Å². The Morgan fingerprint density at radius 2 is 2.00 bits per heavy atom. The first kappa shape index (κ1) is 14.3. The van der Waals surface area contributed by atoms with Crippen LogP contribution in [0.1, 0.15) is 22.7 Å². The Hall–Kier alpha value is -2.13. The number of aromatic nitrogens is 3. The summed E-state index contributed by atoms with van der Waals surface area (Å²) in [5.74, 6) is 5.62. The van der Waals surface area contributed by atoms with Gasteiger partial charge in [-0.2, -0.15) is 18.3 Å². The number of halogens is 3. The molecule has 2 rings (SSSR count). The summed E-state index contributed by atoms with van der Waals surface area (Å²) < 4.78 is 40.4. The molecule has 0 aromatic carbocycles. The van der Waals surface area contributed by atoms with Crippen LogP contribution in [0.2, 0.25) is 0 Å². The van der Waals surface area contributed by atoms with Crippen molar-refractivity contribution in [3.8, 4) is 0 Å². The Morgan fingerprint density at radius 3 is 2.50 bits per heavy atom. The molecule has 9 heteroatoms. The van der Waals surface area contributed by atoms with Crippen molar-refractivity contribution >= 4 is 5.82 Å². The van der Waals surface area contributed by atoms with Crippen molar-refractivity contribution in [1.82, 2.24) is 20.2 Å². The predicted molar refractivity (Wildman–Crippen MR) is 66.0 cm³/mol. The van der Waals surface area contributed by atoms with Gasteiger partial charge in [0.15, 0.2) is 0 Å². The van der Waals surface area contributed by atoms with E-state index in [1.807, 2.05) is 0 Å². The largest absolute Gasteiger partial charge is 0.416 e. The summed E-state index contributed by atoms with van der Waals surface area (Å²) in [6.45, 7) is 0. The molecule has 0 saturated heterocycles. The van der Waals surface area contributed by atoms with Crippen LogP contribution >= 0.6 is 0 Å². The number of hydrogen-bond acceptors (Lipinski definition) is 5. The number of nitrogens with two attached hydrogens (primary N) is 2. The lowest BCUT2D eigenvalue weighted by atomic mass is 9.98. The van der Waals surface area contributed by atoms with Crippen molar-refractivity contribution in [2.75, 3.05) is 5.73 Å². The Balaban J connectivity index is 2.56. The maximum absolute atomic E-state index is 13.0. The fraction of sp³-hybridized carbons (Fsp3) is 0.273. The highest BCUT2D eigenvalue weighted by atomic mass is 19.4. The van der Waals surface area contributed by atoms with E-state index < -0.39 is 17.8 Å². The molecule has 20 heavy (non-hydrogen) atoms. The van der Waals surface area contributed by atoms with E-state index in [2.05, 4.69) is 15.5 Å². The number of hydrogen-bond donors (Lipinski definition) is 3. The van der Waals surface area contributed by atoms with Crippen molar-refractivity contribution in [2.45, 2.75) is 12.2 Å². The molecule has 5 N–H and O–H groups in total. The highest BCUT2D eigenvalue weighted by Crippen LogP contribution is 2.36. The predicted octanol–water partition coefficient (Wildman–Crippen LogP) is 0.969. The van der Waals surface area contributed by atoms with Crippen molar-refractivity contribution < 1.29 is 13.2 Å². The zero-order chi connectivity index (χ0) is 14.9. The summed E-state index contributed by atoms with van der Waals surface area (Å²) in [6.07, 6.45) is -0.955. The first-order chi connectivity index (χ1) is 9.36. The van der Waals surface area contributed by atoms with Crippen molar-refractivity contribution in [3.05, 3.63) is 41.3 Å². The Kier molecular flexibility index (Phi) is 3.64. The van der Waals surface area contributed by atoms with Crippen LogP contribution in [0.25, 0.3) is 0 Å². The third kappa shape index (κ3) is 2.45. The fourth-order valence-corrected chi connectivity index (χ4v) is 1.93. The molecule has 0 bridgehead atoms. The van der Waals surface area contributed by atoms with Gasteiger partial charge >= 0.3 is 6.18 Å². The van der Waals surface area contributed by atoms with E-state index in [4.69, 9.17) is 11.6 Å². The molecule has 0 radical (unpaired) electrons. The standard InChI is InChI=1S/C11H13F3N6/c1-20-10(15)7(5-18-20)9(19-16)6-4-17-3-2-8(6)11(12,13)14/h2-5,9,19H,15-16H2,1H3. The van der Waals surface area contributed by atoms with Crippen molar-refractivity contribution in [3.63, 3.8) is 0 Å². The number of nitrogen functional groups attached to an aromatic ring is 1. The number of nitrogens with one attached hydrogen (secondary N) is 1.